The zero-order valence-electron chi connectivity index (χ0n) is 15.8. The summed E-state index contributed by atoms with van der Waals surface area (Å²) in [4.78, 5) is 42.9. The number of esters is 1. The van der Waals surface area contributed by atoms with Crippen LogP contribution in [0.15, 0.2) is 28.8 Å². The van der Waals surface area contributed by atoms with E-state index in [2.05, 4.69) is 10.1 Å². The molecule has 2 fully saturated rings. The molecule has 0 N–H and O–H groups in total. The van der Waals surface area contributed by atoms with Gasteiger partial charge in [0.05, 0.1) is 11.8 Å². The molecular weight excluding hydrogens is 398 g/mol. The van der Waals surface area contributed by atoms with Crippen LogP contribution in [0, 0.1) is 11.8 Å². The highest BCUT2D eigenvalue weighted by Crippen LogP contribution is 2.38. The molecule has 8 nitrogen and oxygen atoms in total. The average Bonchev–Trinajstić information content (AvgIpc) is 3.30. The Hall–Kier alpha value is -2.74. The molecule has 2 amide bonds. The summed E-state index contributed by atoms with van der Waals surface area (Å²) in [5.74, 6) is -1.37. The van der Waals surface area contributed by atoms with Gasteiger partial charge in [0.1, 0.15) is 6.04 Å². The lowest BCUT2D eigenvalue weighted by Gasteiger charge is -2.21. The summed E-state index contributed by atoms with van der Waals surface area (Å²) in [6, 6.07) is 5.91. The molecule has 1 aromatic heterocycles. The van der Waals surface area contributed by atoms with E-state index in [0.717, 1.165) is 17.7 Å². The van der Waals surface area contributed by atoms with E-state index in [1.165, 1.54) is 6.92 Å². The number of amides is 2. The molecule has 1 aliphatic heterocycles. The van der Waals surface area contributed by atoms with Gasteiger partial charge in [-0.05, 0) is 44.0 Å². The van der Waals surface area contributed by atoms with Crippen molar-refractivity contribution >= 4 is 29.4 Å². The molecule has 1 aliphatic carbocycles. The Morgan fingerprint density at radius 3 is 2.45 bits per heavy atom. The lowest BCUT2D eigenvalue weighted by molar-refractivity contribution is -0.159. The topological polar surface area (TPSA) is 103 Å². The lowest BCUT2D eigenvalue weighted by Crippen LogP contribution is -2.44. The van der Waals surface area contributed by atoms with Crippen LogP contribution in [0.5, 0.6) is 0 Å². The van der Waals surface area contributed by atoms with E-state index in [4.69, 9.17) is 20.9 Å². The van der Waals surface area contributed by atoms with Crippen molar-refractivity contribution in [2.45, 2.75) is 45.3 Å². The van der Waals surface area contributed by atoms with Gasteiger partial charge in [-0.25, -0.2) is 4.79 Å². The molecule has 1 aromatic carbocycles. The smallest absolute Gasteiger partial charge is 0.329 e. The largest absolute Gasteiger partial charge is 0.454 e. The second-order valence-electron chi connectivity index (χ2n) is 7.35. The number of likely N-dealkylation sites (tertiary alicyclic amines) is 1. The van der Waals surface area contributed by atoms with E-state index in [9.17, 15) is 14.4 Å². The first-order chi connectivity index (χ1) is 14.0. The molecule has 2 aromatic rings. The first kappa shape index (κ1) is 19.6. The van der Waals surface area contributed by atoms with Gasteiger partial charge in [-0.15, -0.1) is 0 Å². The predicted molar refractivity (Wildman–Crippen MR) is 101 cm³/mol. The average molecular weight is 418 g/mol. The second kappa shape index (κ2) is 7.94. The number of hydrogen-bond donors (Lipinski definition) is 0. The van der Waals surface area contributed by atoms with Gasteiger partial charge in [-0.2, -0.15) is 4.98 Å². The van der Waals surface area contributed by atoms with E-state index in [1.54, 1.807) is 24.3 Å². The molecule has 2 heterocycles. The maximum Gasteiger partial charge on any atom is 0.329 e. The van der Waals surface area contributed by atoms with E-state index >= 15 is 0 Å². The van der Waals surface area contributed by atoms with Crippen LogP contribution in [-0.2, 0) is 25.7 Å². The number of hydrogen-bond acceptors (Lipinski definition) is 7. The second-order valence-corrected chi connectivity index (χ2v) is 7.78. The Kier molecular flexibility index (Phi) is 5.36. The van der Waals surface area contributed by atoms with Gasteiger partial charge >= 0.3 is 5.97 Å². The number of imide groups is 1. The number of ether oxygens (including phenoxy) is 1. The van der Waals surface area contributed by atoms with Crippen molar-refractivity contribution in [3.63, 3.8) is 0 Å². The van der Waals surface area contributed by atoms with Crippen LogP contribution in [0.25, 0.3) is 11.4 Å². The molecule has 1 saturated heterocycles. The number of benzene rings is 1. The summed E-state index contributed by atoms with van der Waals surface area (Å²) in [6.07, 6.45) is 3.26. The summed E-state index contributed by atoms with van der Waals surface area (Å²) in [5, 5.41) is 4.44. The third-order valence-corrected chi connectivity index (χ3v) is 5.76. The van der Waals surface area contributed by atoms with Crippen molar-refractivity contribution in [2.24, 2.45) is 11.8 Å². The first-order valence-corrected chi connectivity index (χ1v) is 9.95. The summed E-state index contributed by atoms with van der Waals surface area (Å²) >= 11 is 5.86. The van der Waals surface area contributed by atoms with Crippen LogP contribution in [0.1, 0.15) is 38.5 Å². The number of carbonyl (C=O) groups excluding carboxylic acids is 3. The molecule has 3 atom stereocenters. The lowest BCUT2D eigenvalue weighted by atomic mass is 9.81. The number of rotatable bonds is 5. The number of nitrogens with zero attached hydrogens (tertiary/aromatic N) is 3. The quantitative estimate of drug-likeness (QED) is 0.544. The van der Waals surface area contributed by atoms with Crippen LogP contribution < -0.4 is 0 Å². The van der Waals surface area contributed by atoms with E-state index in [-0.39, 0.29) is 36.1 Å². The third kappa shape index (κ3) is 3.76. The molecule has 0 unspecified atom stereocenters. The molecule has 1 saturated carbocycles. The fourth-order valence-electron chi connectivity index (χ4n) is 3.96. The summed E-state index contributed by atoms with van der Waals surface area (Å²) in [7, 11) is 0. The van der Waals surface area contributed by atoms with Crippen molar-refractivity contribution in [3.8, 4) is 11.4 Å². The Labute approximate surface area is 172 Å². The van der Waals surface area contributed by atoms with Crippen molar-refractivity contribution < 1.29 is 23.6 Å². The molecule has 0 spiro atoms. The van der Waals surface area contributed by atoms with Gasteiger partial charge in [0.2, 0.25) is 17.6 Å². The highest BCUT2D eigenvalue weighted by molar-refractivity contribution is 6.30. The zero-order chi connectivity index (χ0) is 20.5. The Bertz CT molecular complexity index is 918. The van der Waals surface area contributed by atoms with E-state index in [0.29, 0.717) is 29.3 Å². The molecule has 29 heavy (non-hydrogen) atoms. The minimum Gasteiger partial charge on any atom is -0.454 e. The van der Waals surface area contributed by atoms with Crippen LogP contribution in [0.2, 0.25) is 5.02 Å². The Morgan fingerprint density at radius 2 is 1.83 bits per heavy atom. The number of carbonyl (C=O) groups is 3. The van der Waals surface area contributed by atoms with Gasteiger partial charge < -0.3 is 9.26 Å². The zero-order valence-corrected chi connectivity index (χ0v) is 16.6. The minimum absolute atomic E-state index is 0.114. The summed E-state index contributed by atoms with van der Waals surface area (Å²) in [5.41, 5.74) is 0.708. The fraction of sp³-hybridized carbons (Fsp3) is 0.450. The van der Waals surface area contributed by atoms with Crippen molar-refractivity contribution in [1.29, 1.82) is 0 Å². The van der Waals surface area contributed by atoms with Gasteiger partial charge in [0.25, 0.3) is 5.89 Å². The van der Waals surface area contributed by atoms with Crippen LogP contribution >= 0.6 is 11.6 Å². The normalized spacial score (nSPS) is 22.5. The molecule has 0 bridgehead atoms. The molecular formula is C20H20ClN3O5. The van der Waals surface area contributed by atoms with E-state index < -0.39 is 12.0 Å². The fourth-order valence-corrected chi connectivity index (χ4v) is 4.08. The first-order valence-electron chi connectivity index (χ1n) is 9.58. The van der Waals surface area contributed by atoms with Gasteiger partial charge in [0, 0.05) is 10.6 Å². The maximum atomic E-state index is 12.6. The number of halogens is 1. The highest BCUT2D eigenvalue weighted by atomic mass is 35.5. The van der Waals surface area contributed by atoms with Crippen molar-refractivity contribution in [1.82, 2.24) is 15.0 Å². The van der Waals surface area contributed by atoms with Gasteiger partial charge in [-0.1, -0.05) is 29.6 Å². The third-order valence-electron chi connectivity index (χ3n) is 5.51. The van der Waals surface area contributed by atoms with Crippen LogP contribution in [-0.4, -0.2) is 38.9 Å². The molecule has 9 heteroatoms. The minimum atomic E-state index is -0.987. The Balaban J connectivity index is 1.38. The van der Waals surface area contributed by atoms with E-state index in [1.807, 2.05) is 0 Å². The summed E-state index contributed by atoms with van der Waals surface area (Å²) < 4.78 is 10.3. The molecule has 2 aliphatic rings. The monoisotopic (exact) mass is 417 g/mol. The van der Waals surface area contributed by atoms with Gasteiger partial charge in [0.15, 0.2) is 6.61 Å². The van der Waals surface area contributed by atoms with Crippen molar-refractivity contribution in [3.05, 3.63) is 35.2 Å². The number of fused-ring (bicyclic) bond motifs is 1. The van der Waals surface area contributed by atoms with Crippen LogP contribution in [0.4, 0.5) is 0 Å². The van der Waals surface area contributed by atoms with Crippen LogP contribution in [0.3, 0.4) is 0 Å². The number of aromatic nitrogens is 2. The van der Waals surface area contributed by atoms with Gasteiger partial charge in [-0.3, -0.25) is 14.5 Å². The SMILES string of the molecule is C[C@@H](C(=O)OCc1nc(-c2ccc(Cl)cc2)no1)N1C(=O)[C@H]2CCCC[C@@H]2C1=O. The molecule has 0 radical (unpaired) electrons. The highest BCUT2D eigenvalue weighted by Gasteiger charge is 2.51. The summed E-state index contributed by atoms with van der Waals surface area (Å²) in [6.45, 7) is 1.26. The van der Waals surface area contributed by atoms with Crippen molar-refractivity contribution in [2.75, 3.05) is 0 Å². The standard InChI is InChI=1S/C20H20ClN3O5/c1-11(24-18(25)14-4-2-3-5-15(14)19(24)26)20(27)28-10-16-22-17(23-29-16)12-6-8-13(21)9-7-12/h6-9,11,14-15H,2-5,10H2,1H3/t11-,14-,15-/m0/s1. The Morgan fingerprint density at radius 1 is 1.21 bits per heavy atom. The molecule has 4 rings (SSSR count). The molecule has 152 valence electrons. The maximum absolute atomic E-state index is 12.6. The predicted octanol–water partition coefficient (Wildman–Crippen LogP) is 3.00.